The number of hydrogen-bond acceptors (Lipinski definition) is 5. The number of aryl methyl sites for hydroxylation is 2. The first-order chi connectivity index (χ1) is 13.5. The second-order valence-corrected chi connectivity index (χ2v) is 6.54. The summed E-state index contributed by atoms with van der Waals surface area (Å²) in [6.45, 7) is 3.26. The predicted molar refractivity (Wildman–Crippen MR) is 104 cm³/mol. The Kier molecular flexibility index (Phi) is 5.98. The van der Waals surface area contributed by atoms with E-state index in [0.29, 0.717) is 23.6 Å². The molecule has 3 rings (SSSR count). The molecular formula is C20H24N4O4. The quantitative estimate of drug-likeness (QED) is 0.500. The van der Waals surface area contributed by atoms with Crippen molar-refractivity contribution >= 4 is 23.0 Å². The Bertz CT molecular complexity index is 976. The van der Waals surface area contributed by atoms with Crippen molar-refractivity contribution in [2.24, 2.45) is 0 Å². The average molecular weight is 384 g/mol. The molecule has 148 valence electrons. The highest BCUT2D eigenvalue weighted by molar-refractivity contribution is 5.90. The van der Waals surface area contributed by atoms with Crippen LogP contribution >= 0.6 is 0 Å². The Morgan fingerprint density at radius 2 is 2.11 bits per heavy atom. The lowest BCUT2D eigenvalue weighted by atomic mass is 10.2. The number of imidazole rings is 1. The minimum absolute atomic E-state index is 0.204. The van der Waals surface area contributed by atoms with Gasteiger partial charge in [0.2, 0.25) is 0 Å². The molecule has 2 heterocycles. The number of furan rings is 1. The van der Waals surface area contributed by atoms with E-state index in [4.69, 9.17) is 9.15 Å². The van der Waals surface area contributed by atoms with Gasteiger partial charge in [0.1, 0.15) is 17.1 Å². The maximum absolute atomic E-state index is 12.3. The molecule has 0 aliphatic carbocycles. The number of amides is 2. The monoisotopic (exact) mass is 384 g/mol. The Morgan fingerprint density at radius 3 is 2.89 bits per heavy atom. The molecule has 8 heteroatoms. The molecule has 8 nitrogen and oxygen atoms in total. The van der Waals surface area contributed by atoms with Crippen LogP contribution in [0.15, 0.2) is 41.1 Å². The SMILES string of the molecule is COC(=O)c1cc(CN(C)C(=O)NCCCn2cnc3ccccc32)oc1C. The number of nitrogens with one attached hydrogen (secondary N) is 1. The van der Waals surface area contributed by atoms with Gasteiger partial charge in [-0.1, -0.05) is 12.1 Å². The Labute approximate surface area is 163 Å². The molecule has 3 aromatic rings. The van der Waals surface area contributed by atoms with Crippen LogP contribution < -0.4 is 5.32 Å². The Morgan fingerprint density at radius 1 is 1.32 bits per heavy atom. The second kappa shape index (κ2) is 8.60. The van der Waals surface area contributed by atoms with Gasteiger partial charge in [0.15, 0.2) is 0 Å². The third kappa shape index (κ3) is 4.33. The first kappa shape index (κ1) is 19.5. The van der Waals surface area contributed by atoms with Gasteiger partial charge in [-0.25, -0.2) is 14.6 Å². The standard InChI is InChI=1S/C20H24N4O4/c1-14-16(19(25)27-3)11-15(28-14)12-23(2)20(26)21-9-6-10-24-13-22-17-7-4-5-8-18(17)24/h4-5,7-8,11,13H,6,9-10,12H2,1-3H3,(H,21,26). The second-order valence-electron chi connectivity index (χ2n) is 6.54. The van der Waals surface area contributed by atoms with Crippen LogP contribution in [0.3, 0.4) is 0 Å². The normalized spacial score (nSPS) is 10.8. The molecule has 0 radical (unpaired) electrons. The lowest BCUT2D eigenvalue weighted by Crippen LogP contribution is -2.37. The van der Waals surface area contributed by atoms with E-state index in [0.717, 1.165) is 24.0 Å². The molecule has 0 aliphatic rings. The van der Waals surface area contributed by atoms with E-state index in [1.165, 1.54) is 12.0 Å². The van der Waals surface area contributed by atoms with Gasteiger partial charge in [-0.05, 0) is 31.5 Å². The van der Waals surface area contributed by atoms with Gasteiger partial charge in [0.05, 0.1) is 31.0 Å². The fraction of sp³-hybridized carbons (Fsp3) is 0.350. The molecule has 0 saturated heterocycles. The summed E-state index contributed by atoms with van der Waals surface area (Å²) in [5, 5.41) is 2.89. The van der Waals surface area contributed by atoms with E-state index in [1.807, 2.05) is 30.6 Å². The number of rotatable bonds is 7. The molecule has 2 amide bonds. The highest BCUT2D eigenvalue weighted by Gasteiger charge is 2.17. The van der Waals surface area contributed by atoms with E-state index in [9.17, 15) is 9.59 Å². The van der Waals surface area contributed by atoms with Crippen molar-refractivity contribution in [3.63, 3.8) is 0 Å². The van der Waals surface area contributed by atoms with Gasteiger partial charge >= 0.3 is 12.0 Å². The highest BCUT2D eigenvalue weighted by Crippen LogP contribution is 2.17. The molecule has 0 aliphatic heterocycles. The van der Waals surface area contributed by atoms with Gasteiger partial charge in [0.25, 0.3) is 0 Å². The zero-order valence-electron chi connectivity index (χ0n) is 16.3. The van der Waals surface area contributed by atoms with Crippen LogP contribution in [0, 0.1) is 6.92 Å². The largest absolute Gasteiger partial charge is 0.465 e. The van der Waals surface area contributed by atoms with Crippen molar-refractivity contribution in [2.45, 2.75) is 26.4 Å². The van der Waals surface area contributed by atoms with Crippen molar-refractivity contribution in [1.82, 2.24) is 19.8 Å². The molecule has 0 fully saturated rings. The summed E-state index contributed by atoms with van der Waals surface area (Å²) >= 11 is 0. The van der Waals surface area contributed by atoms with Gasteiger partial charge in [0, 0.05) is 20.1 Å². The molecule has 0 saturated carbocycles. The van der Waals surface area contributed by atoms with Crippen LogP contribution in [0.5, 0.6) is 0 Å². The summed E-state index contributed by atoms with van der Waals surface area (Å²) in [5.74, 6) is 0.551. The fourth-order valence-electron chi connectivity index (χ4n) is 3.01. The zero-order chi connectivity index (χ0) is 20.1. The van der Waals surface area contributed by atoms with Crippen molar-refractivity contribution in [3.05, 3.63) is 53.7 Å². The van der Waals surface area contributed by atoms with E-state index >= 15 is 0 Å². The lowest BCUT2D eigenvalue weighted by Gasteiger charge is -2.16. The molecule has 0 spiro atoms. The molecule has 0 atom stereocenters. The number of nitrogens with zero attached hydrogens (tertiary/aromatic N) is 3. The number of hydrogen-bond donors (Lipinski definition) is 1. The van der Waals surface area contributed by atoms with E-state index < -0.39 is 5.97 Å². The smallest absolute Gasteiger partial charge is 0.341 e. The number of carbonyl (C=O) groups excluding carboxylic acids is 2. The molecule has 1 aromatic carbocycles. The first-order valence-corrected chi connectivity index (χ1v) is 9.06. The van der Waals surface area contributed by atoms with E-state index in [1.54, 1.807) is 20.0 Å². The summed E-state index contributed by atoms with van der Waals surface area (Å²) in [4.78, 5) is 29.8. The Hall–Kier alpha value is -3.29. The van der Waals surface area contributed by atoms with Crippen molar-refractivity contribution in [1.29, 1.82) is 0 Å². The summed E-state index contributed by atoms with van der Waals surface area (Å²) < 4.78 is 12.3. The summed E-state index contributed by atoms with van der Waals surface area (Å²) in [5.41, 5.74) is 2.42. The van der Waals surface area contributed by atoms with E-state index in [2.05, 4.69) is 14.9 Å². The lowest BCUT2D eigenvalue weighted by molar-refractivity contribution is 0.0598. The average Bonchev–Trinajstić information content (AvgIpc) is 3.27. The number of para-hydroxylation sites is 2. The molecule has 0 bridgehead atoms. The van der Waals surface area contributed by atoms with Gasteiger partial charge < -0.3 is 23.9 Å². The first-order valence-electron chi connectivity index (χ1n) is 9.06. The maximum atomic E-state index is 12.3. The number of methoxy groups -OCH3 is 1. The maximum Gasteiger partial charge on any atom is 0.341 e. The number of carbonyl (C=O) groups is 2. The van der Waals surface area contributed by atoms with E-state index in [-0.39, 0.29) is 12.6 Å². The van der Waals surface area contributed by atoms with Gasteiger partial charge in [-0.2, -0.15) is 0 Å². The number of benzene rings is 1. The van der Waals surface area contributed by atoms with Crippen LogP contribution in [0.25, 0.3) is 11.0 Å². The summed E-state index contributed by atoms with van der Waals surface area (Å²) in [6.07, 6.45) is 2.60. The zero-order valence-corrected chi connectivity index (χ0v) is 16.3. The topological polar surface area (TPSA) is 89.6 Å². The number of aromatic nitrogens is 2. The third-order valence-corrected chi connectivity index (χ3v) is 4.49. The van der Waals surface area contributed by atoms with Gasteiger partial charge in [-0.15, -0.1) is 0 Å². The molecule has 1 N–H and O–H groups in total. The van der Waals surface area contributed by atoms with Gasteiger partial charge in [-0.3, -0.25) is 0 Å². The minimum Gasteiger partial charge on any atom is -0.465 e. The number of ether oxygens (including phenoxy) is 1. The van der Waals surface area contributed by atoms with Crippen LogP contribution in [-0.4, -0.2) is 47.2 Å². The van der Waals surface area contributed by atoms with Crippen LogP contribution in [0.2, 0.25) is 0 Å². The van der Waals surface area contributed by atoms with Crippen molar-refractivity contribution in [3.8, 4) is 0 Å². The third-order valence-electron chi connectivity index (χ3n) is 4.49. The molecule has 0 unspecified atom stereocenters. The molecule has 2 aromatic heterocycles. The van der Waals surface area contributed by atoms with Crippen LogP contribution in [0.4, 0.5) is 4.79 Å². The Balaban J connectivity index is 1.46. The summed E-state index contributed by atoms with van der Waals surface area (Å²) in [6, 6.07) is 9.36. The number of urea groups is 1. The van der Waals surface area contributed by atoms with Crippen LogP contribution in [-0.2, 0) is 17.8 Å². The number of fused-ring (bicyclic) bond motifs is 1. The minimum atomic E-state index is -0.452. The van der Waals surface area contributed by atoms with Crippen LogP contribution in [0.1, 0.15) is 28.3 Å². The van der Waals surface area contributed by atoms with Crippen molar-refractivity contribution in [2.75, 3.05) is 20.7 Å². The molecule has 28 heavy (non-hydrogen) atoms. The predicted octanol–water partition coefficient (Wildman–Crippen LogP) is 2.96. The molecular weight excluding hydrogens is 360 g/mol. The van der Waals surface area contributed by atoms with Crippen molar-refractivity contribution < 1.29 is 18.7 Å². The number of esters is 1. The fourth-order valence-corrected chi connectivity index (χ4v) is 3.01. The highest BCUT2D eigenvalue weighted by atomic mass is 16.5. The summed E-state index contributed by atoms with van der Waals surface area (Å²) in [7, 11) is 3.00.